The molecule has 0 spiro atoms. The Kier molecular flexibility index (Phi) is 7.95. The van der Waals surface area contributed by atoms with E-state index < -0.39 is 6.10 Å². The van der Waals surface area contributed by atoms with Gasteiger partial charge in [0.25, 0.3) is 0 Å². The van der Waals surface area contributed by atoms with E-state index in [2.05, 4.69) is 24.1 Å². The number of nitrogens with one attached hydrogen (secondary N) is 1. The molecule has 4 nitrogen and oxygen atoms in total. The number of benzene rings is 1. The van der Waals surface area contributed by atoms with Crippen LogP contribution in [0.2, 0.25) is 0 Å². The number of rotatable bonds is 9. The summed E-state index contributed by atoms with van der Waals surface area (Å²) in [6.07, 6.45) is 3.14. The molecule has 0 bridgehead atoms. The summed E-state index contributed by atoms with van der Waals surface area (Å²) in [6, 6.07) is 6.06. The standard InChI is InChI=1S/C19H31FN2O2/c1-3-22(4-2)14-6-13-21-17-7-5-8-18(19(17)23)24-16-11-9-15(20)10-12-16/h9-12,17-19,21,23H,3-8,13-14H2,1-2H3/t17-,18+,19+/m0/s1. The predicted molar refractivity (Wildman–Crippen MR) is 94.9 cm³/mol. The fourth-order valence-corrected chi connectivity index (χ4v) is 3.31. The van der Waals surface area contributed by atoms with E-state index in [1.807, 2.05) is 0 Å². The van der Waals surface area contributed by atoms with Gasteiger partial charge < -0.3 is 20.1 Å². The molecular formula is C19H31FN2O2. The van der Waals surface area contributed by atoms with Crippen LogP contribution in [0.1, 0.15) is 39.5 Å². The molecule has 3 atom stereocenters. The maximum Gasteiger partial charge on any atom is 0.126 e. The quantitative estimate of drug-likeness (QED) is 0.680. The van der Waals surface area contributed by atoms with Crippen LogP contribution in [0.4, 0.5) is 4.39 Å². The topological polar surface area (TPSA) is 44.7 Å². The van der Waals surface area contributed by atoms with Gasteiger partial charge in [-0.05, 0) is 76.1 Å². The Labute approximate surface area is 145 Å². The van der Waals surface area contributed by atoms with E-state index in [1.165, 1.54) is 12.1 Å². The molecule has 1 aliphatic rings. The van der Waals surface area contributed by atoms with E-state index in [0.29, 0.717) is 5.75 Å². The monoisotopic (exact) mass is 338 g/mol. The summed E-state index contributed by atoms with van der Waals surface area (Å²) in [6.45, 7) is 8.50. The zero-order chi connectivity index (χ0) is 17.4. The molecule has 136 valence electrons. The second-order valence-corrected chi connectivity index (χ2v) is 6.47. The van der Waals surface area contributed by atoms with Crippen molar-refractivity contribution < 1.29 is 14.2 Å². The zero-order valence-electron chi connectivity index (χ0n) is 14.9. The molecule has 0 heterocycles. The fourth-order valence-electron chi connectivity index (χ4n) is 3.31. The van der Waals surface area contributed by atoms with E-state index in [4.69, 9.17) is 4.74 Å². The summed E-state index contributed by atoms with van der Waals surface area (Å²) < 4.78 is 18.8. The maximum absolute atomic E-state index is 13.0. The second-order valence-electron chi connectivity index (χ2n) is 6.47. The van der Waals surface area contributed by atoms with Crippen molar-refractivity contribution in [2.24, 2.45) is 0 Å². The normalized spacial score (nSPS) is 24.3. The van der Waals surface area contributed by atoms with Gasteiger partial charge in [-0.2, -0.15) is 0 Å². The number of aliphatic hydroxyl groups is 1. The molecule has 24 heavy (non-hydrogen) atoms. The van der Waals surface area contributed by atoms with Gasteiger partial charge >= 0.3 is 0 Å². The van der Waals surface area contributed by atoms with Crippen molar-refractivity contribution >= 4 is 0 Å². The van der Waals surface area contributed by atoms with Gasteiger partial charge in [0.15, 0.2) is 0 Å². The van der Waals surface area contributed by atoms with Crippen LogP contribution in [0.5, 0.6) is 5.75 Å². The first kappa shape index (κ1) is 19.2. The van der Waals surface area contributed by atoms with Gasteiger partial charge in [-0.15, -0.1) is 0 Å². The van der Waals surface area contributed by atoms with Crippen molar-refractivity contribution in [1.29, 1.82) is 0 Å². The Balaban J connectivity index is 1.77. The molecule has 1 aromatic rings. The van der Waals surface area contributed by atoms with Crippen molar-refractivity contribution in [2.45, 2.75) is 57.8 Å². The number of aliphatic hydroxyl groups excluding tert-OH is 1. The molecular weight excluding hydrogens is 307 g/mol. The van der Waals surface area contributed by atoms with Gasteiger partial charge in [0.1, 0.15) is 23.8 Å². The van der Waals surface area contributed by atoms with Gasteiger partial charge in [-0.3, -0.25) is 0 Å². The summed E-state index contributed by atoms with van der Waals surface area (Å²) in [7, 11) is 0. The summed E-state index contributed by atoms with van der Waals surface area (Å²) in [5.74, 6) is 0.335. The minimum atomic E-state index is -0.530. The van der Waals surface area contributed by atoms with Crippen LogP contribution in [-0.4, -0.2) is 54.4 Å². The molecule has 0 unspecified atom stereocenters. The largest absolute Gasteiger partial charge is 0.488 e. The first-order valence-corrected chi connectivity index (χ1v) is 9.20. The third-order valence-corrected chi connectivity index (χ3v) is 4.85. The average Bonchev–Trinajstić information content (AvgIpc) is 2.60. The Hall–Kier alpha value is -1.17. The minimum Gasteiger partial charge on any atom is -0.488 e. The lowest BCUT2D eigenvalue weighted by Crippen LogP contribution is -2.51. The molecule has 0 aliphatic heterocycles. The molecule has 1 saturated carbocycles. The van der Waals surface area contributed by atoms with E-state index >= 15 is 0 Å². The average molecular weight is 338 g/mol. The van der Waals surface area contributed by atoms with Crippen LogP contribution in [0.25, 0.3) is 0 Å². The summed E-state index contributed by atoms with van der Waals surface area (Å²) in [4.78, 5) is 2.40. The van der Waals surface area contributed by atoms with Gasteiger partial charge in [0.05, 0.1) is 0 Å². The molecule has 2 rings (SSSR count). The van der Waals surface area contributed by atoms with Crippen LogP contribution in [0, 0.1) is 5.82 Å². The second kappa shape index (κ2) is 9.97. The van der Waals surface area contributed by atoms with E-state index in [0.717, 1.165) is 51.9 Å². The SMILES string of the molecule is CCN(CC)CCCN[C@H]1CCC[C@@H](Oc2ccc(F)cc2)[C@@H]1O. The first-order chi connectivity index (χ1) is 11.6. The molecule has 2 N–H and O–H groups in total. The Morgan fingerprint density at radius 1 is 1.21 bits per heavy atom. The van der Waals surface area contributed by atoms with Crippen molar-refractivity contribution in [2.75, 3.05) is 26.2 Å². The Morgan fingerprint density at radius 3 is 2.58 bits per heavy atom. The summed E-state index contributed by atoms with van der Waals surface area (Å²) in [5.41, 5.74) is 0. The number of hydrogen-bond acceptors (Lipinski definition) is 4. The lowest BCUT2D eigenvalue weighted by molar-refractivity contribution is -0.0154. The highest BCUT2D eigenvalue weighted by atomic mass is 19.1. The molecule has 0 saturated heterocycles. The van der Waals surface area contributed by atoms with Gasteiger partial charge in [-0.1, -0.05) is 13.8 Å². The van der Waals surface area contributed by atoms with Gasteiger partial charge in [-0.25, -0.2) is 4.39 Å². The highest BCUT2D eigenvalue weighted by Gasteiger charge is 2.32. The number of halogens is 1. The van der Waals surface area contributed by atoms with Crippen molar-refractivity contribution in [1.82, 2.24) is 10.2 Å². The Morgan fingerprint density at radius 2 is 1.92 bits per heavy atom. The lowest BCUT2D eigenvalue weighted by atomic mass is 9.89. The molecule has 5 heteroatoms. The zero-order valence-corrected chi connectivity index (χ0v) is 14.9. The maximum atomic E-state index is 13.0. The lowest BCUT2D eigenvalue weighted by Gasteiger charge is -2.35. The third-order valence-electron chi connectivity index (χ3n) is 4.85. The predicted octanol–water partition coefficient (Wildman–Crippen LogP) is 2.81. The van der Waals surface area contributed by atoms with Gasteiger partial charge in [0.2, 0.25) is 0 Å². The molecule has 1 aliphatic carbocycles. The van der Waals surface area contributed by atoms with Crippen molar-refractivity contribution in [3.63, 3.8) is 0 Å². The molecule has 0 radical (unpaired) electrons. The van der Waals surface area contributed by atoms with Crippen molar-refractivity contribution in [3.05, 3.63) is 30.1 Å². The number of nitrogens with zero attached hydrogens (tertiary/aromatic N) is 1. The fraction of sp³-hybridized carbons (Fsp3) is 0.684. The molecule has 0 amide bonds. The number of ether oxygens (including phenoxy) is 1. The molecule has 1 aromatic carbocycles. The third kappa shape index (κ3) is 5.72. The summed E-state index contributed by atoms with van der Waals surface area (Å²) in [5, 5.41) is 14.1. The summed E-state index contributed by atoms with van der Waals surface area (Å²) >= 11 is 0. The van der Waals surface area contributed by atoms with Crippen LogP contribution in [0.15, 0.2) is 24.3 Å². The van der Waals surface area contributed by atoms with E-state index in [9.17, 15) is 9.50 Å². The minimum absolute atomic E-state index is 0.0703. The first-order valence-electron chi connectivity index (χ1n) is 9.20. The number of hydrogen-bond donors (Lipinski definition) is 2. The highest BCUT2D eigenvalue weighted by molar-refractivity contribution is 5.22. The van der Waals surface area contributed by atoms with Crippen LogP contribution in [0.3, 0.4) is 0 Å². The van der Waals surface area contributed by atoms with E-state index in [-0.39, 0.29) is 18.0 Å². The van der Waals surface area contributed by atoms with Crippen molar-refractivity contribution in [3.8, 4) is 5.75 Å². The molecule has 0 aromatic heterocycles. The van der Waals surface area contributed by atoms with Crippen LogP contribution in [-0.2, 0) is 0 Å². The van der Waals surface area contributed by atoms with Crippen LogP contribution < -0.4 is 10.1 Å². The molecule has 1 fully saturated rings. The van der Waals surface area contributed by atoms with Crippen LogP contribution >= 0.6 is 0 Å². The van der Waals surface area contributed by atoms with E-state index in [1.54, 1.807) is 12.1 Å². The Bertz CT molecular complexity index is 465. The van der Waals surface area contributed by atoms with Gasteiger partial charge in [0, 0.05) is 6.04 Å². The highest BCUT2D eigenvalue weighted by Crippen LogP contribution is 2.24. The smallest absolute Gasteiger partial charge is 0.126 e.